The number of aliphatic hydroxyl groups is 1. The molecule has 174 valence electrons. The molecule has 0 radical (unpaired) electrons. The summed E-state index contributed by atoms with van der Waals surface area (Å²) in [4.78, 5) is 22.3. The largest absolute Gasteiger partial charge is 0.394 e. The molecule has 2 unspecified atom stereocenters. The molecular weight excluding hydrogens is 430 g/mol. The highest BCUT2D eigenvalue weighted by atomic mass is 16.5. The number of fused-ring (bicyclic) bond motifs is 1. The average molecular weight is 458 g/mol. The summed E-state index contributed by atoms with van der Waals surface area (Å²) in [5.41, 5.74) is 10.6. The van der Waals surface area contributed by atoms with Crippen molar-refractivity contribution >= 4 is 22.8 Å². The van der Waals surface area contributed by atoms with Gasteiger partial charge in [0.15, 0.2) is 5.78 Å². The van der Waals surface area contributed by atoms with Crippen LogP contribution in [-0.4, -0.2) is 51.6 Å². The Labute approximate surface area is 197 Å². The molecule has 1 aliphatic heterocycles. The van der Waals surface area contributed by atoms with Crippen molar-refractivity contribution in [1.29, 1.82) is 0 Å². The van der Waals surface area contributed by atoms with Gasteiger partial charge in [-0.1, -0.05) is 36.4 Å². The molecule has 8 heteroatoms. The van der Waals surface area contributed by atoms with E-state index in [1.165, 1.54) is 0 Å². The number of nitrogens with two attached hydrogens (primary N) is 1. The third-order valence-electron chi connectivity index (χ3n) is 6.41. The van der Waals surface area contributed by atoms with Crippen LogP contribution in [0, 0.1) is 0 Å². The second kappa shape index (κ2) is 9.24. The van der Waals surface area contributed by atoms with Crippen molar-refractivity contribution in [1.82, 2.24) is 14.4 Å². The first-order chi connectivity index (χ1) is 16.6. The van der Waals surface area contributed by atoms with Gasteiger partial charge < -0.3 is 20.9 Å². The van der Waals surface area contributed by atoms with Crippen molar-refractivity contribution in [3.8, 4) is 11.3 Å². The van der Waals surface area contributed by atoms with Crippen molar-refractivity contribution in [2.45, 2.75) is 24.9 Å². The predicted molar refractivity (Wildman–Crippen MR) is 131 cm³/mol. The Morgan fingerprint density at radius 3 is 2.71 bits per heavy atom. The Hall–Kier alpha value is -3.75. The number of ketones is 1. The summed E-state index contributed by atoms with van der Waals surface area (Å²) in [6, 6.07) is 14.9. The standard InChI is InChI=1S/C26H27N5O3/c1-28-21-5-3-2-4-20(21)24(33)17-8-6-16(7-9-17)22-23-25(27)29-12-13-31(23)26(30-22)18-10-11-19(14-32)34-15-18/h2-9,12-13,18-19,28,32H,10-11,14-15H2,1H3,(H2,27,29). The number of para-hydroxylation sites is 1. The third kappa shape index (κ3) is 3.91. The first-order valence-electron chi connectivity index (χ1n) is 11.4. The Morgan fingerprint density at radius 1 is 1.21 bits per heavy atom. The normalized spacial score (nSPS) is 18.2. The maximum Gasteiger partial charge on any atom is 0.195 e. The van der Waals surface area contributed by atoms with Crippen LogP contribution in [0.5, 0.6) is 0 Å². The van der Waals surface area contributed by atoms with E-state index < -0.39 is 0 Å². The van der Waals surface area contributed by atoms with Crippen molar-refractivity contribution in [2.24, 2.45) is 0 Å². The lowest BCUT2D eigenvalue weighted by Crippen LogP contribution is -2.28. The van der Waals surface area contributed by atoms with Gasteiger partial charge in [0, 0.05) is 47.7 Å². The molecule has 0 bridgehead atoms. The molecule has 0 saturated carbocycles. The SMILES string of the molecule is CNc1ccccc1C(=O)c1ccc(-c2nc(C3CCC(CO)OC3)n3ccnc(N)c23)cc1. The van der Waals surface area contributed by atoms with Gasteiger partial charge in [0.1, 0.15) is 22.9 Å². The molecule has 1 aliphatic rings. The van der Waals surface area contributed by atoms with Gasteiger partial charge in [0.2, 0.25) is 0 Å². The molecule has 3 heterocycles. The second-order valence-corrected chi connectivity index (χ2v) is 8.46. The number of nitrogen functional groups attached to an aromatic ring is 1. The van der Waals surface area contributed by atoms with E-state index in [9.17, 15) is 9.90 Å². The number of hydrogen-bond donors (Lipinski definition) is 3. The van der Waals surface area contributed by atoms with Gasteiger partial charge in [0.05, 0.1) is 19.3 Å². The van der Waals surface area contributed by atoms with E-state index in [-0.39, 0.29) is 24.4 Å². The minimum absolute atomic E-state index is 0.0288. The zero-order chi connectivity index (χ0) is 23.7. The molecule has 0 spiro atoms. The van der Waals surface area contributed by atoms with Crippen LogP contribution in [0.3, 0.4) is 0 Å². The smallest absolute Gasteiger partial charge is 0.195 e. The van der Waals surface area contributed by atoms with Crippen molar-refractivity contribution in [3.63, 3.8) is 0 Å². The van der Waals surface area contributed by atoms with Crippen molar-refractivity contribution in [2.75, 3.05) is 31.3 Å². The maximum atomic E-state index is 13.1. The summed E-state index contributed by atoms with van der Waals surface area (Å²) in [7, 11) is 1.80. The molecule has 8 nitrogen and oxygen atoms in total. The lowest BCUT2D eigenvalue weighted by molar-refractivity contribution is -0.0282. The van der Waals surface area contributed by atoms with Gasteiger partial charge in [-0.2, -0.15) is 0 Å². The minimum atomic E-state index is -0.119. The number of carbonyl (C=O) groups is 1. The molecule has 4 aromatic rings. The molecule has 5 rings (SSSR count). The maximum absolute atomic E-state index is 13.1. The molecule has 34 heavy (non-hydrogen) atoms. The molecule has 0 aliphatic carbocycles. The number of imidazole rings is 1. The van der Waals surface area contributed by atoms with Crippen LogP contribution >= 0.6 is 0 Å². The zero-order valence-corrected chi connectivity index (χ0v) is 18.9. The van der Waals surface area contributed by atoms with Crippen LogP contribution in [0.1, 0.15) is 40.5 Å². The van der Waals surface area contributed by atoms with Gasteiger partial charge in [-0.05, 0) is 25.0 Å². The molecular formula is C26H27N5O3. The van der Waals surface area contributed by atoms with Crippen LogP contribution in [0.25, 0.3) is 16.8 Å². The van der Waals surface area contributed by atoms with E-state index in [4.69, 9.17) is 15.5 Å². The van der Waals surface area contributed by atoms with Crippen LogP contribution < -0.4 is 11.1 Å². The number of nitrogens with one attached hydrogen (secondary N) is 1. The summed E-state index contributed by atoms with van der Waals surface area (Å²) in [5.74, 6) is 1.29. The lowest BCUT2D eigenvalue weighted by Gasteiger charge is -2.27. The molecule has 1 saturated heterocycles. The fourth-order valence-corrected chi connectivity index (χ4v) is 4.56. The average Bonchev–Trinajstić information content (AvgIpc) is 3.29. The Morgan fingerprint density at radius 2 is 2.00 bits per heavy atom. The minimum Gasteiger partial charge on any atom is -0.394 e. The molecule has 2 atom stereocenters. The predicted octanol–water partition coefficient (Wildman–Crippen LogP) is 3.51. The molecule has 2 aromatic heterocycles. The Kier molecular flexibility index (Phi) is 6.00. The van der Waals surface area contributed by atoms with Crippen molar-refractivity contribution < 1.29 is 14.6 Å². The highest BCUT2D eigenvalue weighted by Gasteiger charge is 2.28. The van der Waals surface area contributed by atoms with Gasteiger partial charge in [-0.3, -0.25) is 9.20 Å². The highest BCUT2D eigenvalue weighted by molar-refractivity contribution is 6.12. The van der Waals surface area contributed by atoms with E-state index in [2.05, 4.69) is 10.3 Å². The first kappa shape index (κ1) is 22.1. The number of carbonyl (C=O) groups excluding carboxylic acids is 1. The third-order valence-corrected chi connectivity index (χ3v) is 6.41. The molecule has 4 N–H and O–H groups in total. The topological polar surface area (TPSA) is 115 Å². The van der Waals surface area contributed by atoms with Crippen LogP contribution in [0.15, 0.2) is 60.9 Å². The Balaban J connectivity index is 1.50. The van der Waals surface area contributed by atoms with E-state index in [1.54, 1.807) is 13.2 Å². The second-order valence-electron chi connectivity index (χ2n) is 8.46. The van der Waals surface area contributed by atoms with E-state index in [0.29, 0.717) is 23.6 Å². The Bertz CT molecular complexity index is 1320. The number of aromatic nitrogens is 3. The fourth-order valence-electron chi connectivity index (χ4n) is 4.56. The number of hydrogen-bond acceptors (Lipinski definition) is 7. The van der Waals surface area contributed by atoms with Gasteiger partial charge in [-0.25, -0.2) is 9.97 Å². The van der Waals surface area contributed by atoms with Gasteiger partial charge >= 0.3 is 0 Å². The van der Waals surface area contributed by atoms with E-state index in [0.717, 1.165) is 41.1 Å². The van der Waals surface area contributed by atoms with E-state index >= 15 is 0 Å². The van der Waals surface area contributed by atoms with Crippen LogP contribution in [0.2, 0.25) is 0 Å². The number of nitrogens with zero attached hydrogens (tertiary/aromatic N) is 3. The molecule has 0 amide bonds. The number of benzene rings is 2. The summed E-state index contributed by atoms with van der Waals surface area (Å²) in [6.45, 7) is 0.519. The number of rotatable bonds is 6. The van der Waals surface area contributed by atoms with Crippen molar-refractivity contribution in [3.05, 3.63) is 77.9 Å². The summed E-state index contributed by atoms with van der Waals surface area (Å²) >= 11 is 0. The first-order valence-corrected chi connectivity index (χ1v) is 11.4. The van der Waals surface area contributed by atoms with Gasteiger partial charge in [0.25, 0.3) is 0 Å². The highest BCUT2D eigenvalue weighted by Crippen LogP contribution is 2.34. The number of ether oxygens (including phenoxy) is 1. The van der Waals surface area contributed by atoms with Crippen LogP contribution in [-0.2, 0) is 4.74 Å². The van der Waals surface area contributed by atoms with Crippen LogP contribution in [0.4, 0.5) is 11.5 Å². The summed E-state index contributed by atoms with van der Waals surface area (Å²) in [5, 5.41) is 12.4. The van der Waals surface area contributed by atoms with E-state index in [1.807, 2.05) is 59.1 Å². The summed E-state index contributed by atoms with van der Waals surface area (Å²) in [6.07, 6.45) is 5.05. The monoisotopic (exact) mass is 457 g/mol. The quantitative estimate of drug-likeness (QED) is 0.380. The number of anilines is 2. The fraction of sp³-hybridized carbons (Fsp3) is 0.269. The summed E-state index contributed by atoms with van der Waals surface area (Å²) < 4.78 is 7.78. The molecule has 2 aromatic carbocycles. The zero-order valence-electron chi connectivity index (χ0n) is 18.9. The number of aliphatic hydroxyl groups excluding tert-OH is 1. The molecule has 1 fully saturated rings. The van der Waals surface area contributed by atoms with Gasteiger partial charge in [-0.15, -0.1) is 0 Å². The lowest BCUT2D eigenvalue weighted by atomic mass is 9.98.